The summed E-state index contributed by atoms with van der Waals surface area (Å²) in [5, 5.41) is 11.4. The third-order valence-corrected chi connectivity index (χ3v) is 5.16. The van der Waals surface area contributed by atoms with E-state index < -0.39 is 5.60 Å². The molecule has 6 nitrogen and oxygen atoms in total. The average Bonchev–Trinajstić information content (AvgIpc) is 2.79. The van der Waals surface area contributed by atoms with Crippen LogP contribution in [-0.4, -0.2) is 50.3 Å². The van der Waals surface area contributed by atoms with Gasteiger partial charge in [-0.1, -0.05) is 56.9 Å². The van der Waals surface area contributed by atoms with Gasteiger partial charge in [0, 0.05) is 0 Å². The van der Waals surface area contributed by atoms with Gasteiger partial charge < -0.3 is 28.8 Å². The maximum absolute atomic E-state index is 11.4. The molecule has 0 radical (unpaired) electrons. The molecule has 0 saturated carbocycles. The predicted octanol–water partition coefficient (Wildman–Crippen LogP) is 4.63. The Morgan fingerprint density at radius 3 is 1.65 bits per heavy atom. The van der Waals surface area contributed by atoms with Gasteiger partial charge in [0.25, 0.3) is 0 Å². The first-order valence-corrected chi connectivity index (χ1v) is 11.2. The molecule has 0 amide bonds. The summed E-state index contributed by atoms with van der Waals surface area (Å²) in [5.74, 6) is 2.47. The fourth-order valence-corrected chi connectivity index (χ4v) is 3.39. The summed E-state index contributed by atoms with van der Waals surface area (Å²) < 4.78 is 29.3. The monoisotopic (exact) mass is 430 g/mol. The molecule has 1 aliphatic rings. The molecule has 1 aliphatic heterocycles. The molecule has 0 spiro atoms. The summed E-state index contributed by atoms with van der Waals surface area (Å²) in [5.41, 5.74) is -1.13. The second-order valence-corrected chi connectivity index (χ2v) is 7.82. The number of hydrogen-bond donors (Lipinski definition) is 1. The van der Waals surface area contributed by atoms with E-state index in [1.54, 1.807) is 0 Å². The molecule has 31 heavy (non-hydrogen) atoms. The molecule has 1 N–H and O–H groups in total. The van der Waals surface area contributed by atoms with Gasteiger partial charge >= 0.3 is 0 Å². The van der Waals surface area contributed by atoms with Gasteiger partial charge in [-0.2, -0.15) is 0 Å². The third kappa shape index (κ3) is 7.64. The van der Waals surface area contributed by atoms with Crippen molar-refractivity contribution in [1.82, 2.24) is 0 Å². The number of fused-ring (bicyclic) bond motifs is 2. The number of para-hydroxylation sites is 4. The van der Waals surface area contributed by atoms with Gasteiger partial charge in [0.15, 0.2) is 23.0 Å². The van der Waals surface area contributed by atoms with Crippen LogP contribution in [0.15, 0.2) is 48.5 Å². The molecule has 0 saturated heterocycles. The quantitative estimate of drug-likeness (QED) is 0.698. The summed E-state index contributed by atoms with van der Waals surface area (Å²) >= 11 is 0. The van der Waals surface area contributed by atoms with Crippen molar-refractivity contribution < 1.29 is 28.8 Å². The summed E-state index contributed by atoms with van der Waals surface area (Å²) in [6.45, 7) is 4.08. The molecule has 2 aromatic carbocycles. The minimum atomic E-state index is -1.13. The lowest BCUT2D eigenvalue weighted by Crippen LogP contribution is -2.42. The summed E-state index contributed by atoms with van der Waals surface area (Å²) in [4.78, 5) is 0. The highest BCUT2D eigenvalue weighted by atomic mass is 16.6. The molecule has 0 unspecified atom stereocenters. The Labute approximate surface area is 185 Å². The standard InChI is InChI=1S/C25H34O6/c1-2-3-4-9-14-25(26)19-30-23-12-7-5-10-21(23)28-17-15-27-16-18-29-22-11-6-8-13-24(22)31-20-25/h5-8,10-13,26H,2-4,9,14-20H2,1H3. The van der Waals surface area contributed by atoms with Crippen molar-refractivity contribution in [2.24, 2.45) is 0 Å². The largest absolute Gasteiger partial charge is 0.487 e. The Bertz CT molecular complexity index is 723. The average molecular weight is 431 g/mol. The molecule has 0 bridgehead atoms. The van der Waals surface area contributed by atoms with E-state index in [0.717, 1.165) is 25.7 Å². The van der Waals surface area contributed by atoms with Gasteiger partial charge in [0.05, 0.1) is 13.2 Å². The zero-order valence-electron chi connectivity index (χ0n) is 18.4. The zero-order chi connectivity index (χ0) is 21.8. The topological polar surface area (TPSA) is 66.4 Å². The normalized spacial score (nSPS) is 17.1. The summed E-state index contributed by atoms with van der Waals surface area (Å²) in [6.07, 6.45) is 4.85. The fourth-order valence-electron chi connectivity index (χ4n) is 3.39. The van der Waals surface area contributed by atoms with E-state index in [0.29, 0.717) is 55.8 Å². The fraction of sp³-hybridized carbons (Fsp3) is 0.520. The third-order valence-electron chi connectivity index (χ3n) is 5.16. The van der Waals surface area contributed by atoms with Crippen molar-refractivity contribution in [1.29, 1.82) is 0 Å². The van der Waals surface area contributed by atoms with Gasteiger partial charge in [-0.15, -0.1) is 0 Å². The van der Waals surface area contributed by atoms with Crippen LogP contribution in [0.4, 0.5) is 0 Å². The molecule has 170 valence electrons. The van der Waals surface area contributed by atoms with E-state index in [1.807, 2.05) is 48.5 Å². The van der Waals surface area contributed by atoms with Crippen LogP contribution in [-0.2, 0) is 4.74 Å². The zero-order valence-corrected chi connectivity index (χ0v) is 18.4. The maximum Gasteiger partial charge on any atom is 0.161 e. The second-order valence-electron chi connectivity index (χ2n) is 7.82. The van der Waals surface area contributed by atoms with Gasteiger partial charge in [-0.05, 0) is 30.7 Å². The number of aliphatic hydroxyl groups is 1. The van der Waals surface area contributed by atoms with Gasteiger partial charge in [-0.25, -0.2) is 0 Å². The number of ether oxygens (including phenoxy) is 5. The minimum absolute atomic E-state index is 0.110. The van der Waals surface area contributed by atoms with Crippen LogP contribution in [0, 0.1) is 0 Å². The molecule has 2 aromatic rings. The lowest BCUT2D eigenvalue weighted by Gasteiger charge is -2.29. The van der Waals surface area contributed by atoms with Crippen molar-refractivity contribution in [3.8, 4) is 23.0 Å². The van der Waals surface area contributed by atoms with Crippen LogP contribution in [0.2, 0.25) is 0 Å². The summed E-state index contributed by atoms with van der Waals surface area (Å²) in [7, 11) is 0. The molecule has 0 aromatic heterocycles. The van der Waals surface area contributed by atoms with Gasteiger partial charge in [0.1, 0.15) is 32.0 Å². The number of hydrogen-bond acceptors (Lipinski definition) is 6. The van der Waals surface area contributed by atoms with E-state index in [9.17, 15) is 5.11 Å². The van der Waals surface area contributed by atoms with Crippen LogP contribution in [0.25, 0.3) is 0 Å². The molecular formula is C25H34O6. The first-order chi connectivity index (χ1) is 15.2. The smallest absolute Gasteiger partial charge is 0.161 e. The van der Waals surface area contributed by atoms with Crippen molar-refractivity contribution in [3.05, 3.63) is 48.5 Å². The van der Waals surface area contributed by atoms with Crippen molar-refractivity contribution in [2.45, 2.75) is 44.6 Å². The molecule has 1 heterocycles. The lowest BCUT2D eigenvalue weighted by molar-refractivity contribution is -0.0486. The van der Waals surface area contributed by atoms with Crippen LogP contribution < -0.4 is 18.9 Å². The SMILES string of the molecule is CCCCCCC1(O)COc2ccccc2OCCOCCOc2ccccc2OC1. The summed E-state index contributed by atoms with van der Waals surface area (Å²) in [6, 6.07) is 15.0. The van der Waals surface area contributed by atoms with E-state index in [4.69, 9.17) is 23.7 Å². The van der Waals surface area contributed by atoms with Crippen LogP contribution in [0.1, 0.15) is 39.0 Å². The van der Waals surface area contributed by atoms with E-state index in [-0.39, 0.29) is 13.2 Å². The Morgan fingerprint density at radius 2 is 1.16 bits per heavy atom. The van der Waals surface area contributed by atoms with Crippen LogP contribution in [0.5, 0.6) is 23.0 Å². The molecule has 0 fully saturated rings. The van der Waals surface area contributed by atoms with Gasteiger partial charge in [-0.3, -0.25) is 0 Å². The Balaban J connectivity index is 1.76. The van der Waals surface area contributed by atoms with Crippen molar-refractivity contribution >= 4 is 0 Å². The van der Waals surface area contributed by atoms with E-state index in [1.165, 1.54) is 0 Å². The second kappa shape index (κ2) is 12.4. The first-order valence-electron chi connectivity index (χ1n) is 11.2. The number of unbranched alkanes of at least 4 members (excludes halogenated alkanes) is 3. The Hall–Kier alpha value is -2.44. The first kappa shape index (κ1) is 23.2. The highest BCUT2D eigenvalue weighted by molar-refractivity contribution is 5.40. The van der Waals surface area contributed by atoms with Gasteiger partial charge in [0.2, 0.25) is 0 Å². The maximum atomic E-state index is 11.4. The van der Waals surface area contributed by atoms with Crippen molar-refractivity contribution in [3.63, 3.8) is 0 Å². The number of benzene rings is 2. The lowest BCUT2D eigenvalue weighted by atomic mass is 9.97. The molecule has 3 rings (SSSR count). The van der Waals surface area contributed by atoms with E-state index >= 15 is 0 Å². The molecular weight excluding hydrogens is 396 g/mol. The molecule has 0 aliphatic carbocycles. The molecule has 6 heteroatoms. The minimum Gasteiger partial charge on any atom is -0.487 e. The molecule has 0 atom stereocenters. The highest BCUT2D eigenvalue weighted by Crippen LogP contribution is 2.30. The van der Waals surface area contributed by atoms with Crippen molar-refractivity contribution in [2.75, 3.05) is 39.6 Å². The van der Waals surface area contributed by atoms with E-state index in [2.05, 4.69) is 6.92 Å². The number of rotatable bonds is 5. The van der Waals surface area contributed by atoms with Crippen LogP contribution >= 0.6 is 0 Å². The Morgan fingerprint density at radius 1 is 0.677 bits per heavy atom. The highest BCUT2D eigenvalue weighted by Gasteiger charge is 2.30. The predicted molar refractivity (Wildman–Crippen MR) is 119 cm³/mol. The van der Waals surface area contributed by atoms with Crippen LogP contribution in [0.3, 0.4) is 0 Å². The Kier molecular flexibility index (Phi) is 9.31.